The summed E-state index contributed by atoms with van der Waals surface area (Å²) in [6.07, 6.45) is 1.66. The van der Waals surface area contributed by atoms with E-state index in [0.717, 1.165) is 24.2 Å². The van der Waals surface area contributed by atoms with E-state index in [1.54, 1.807) is 35.2 Å². The molecule has 0 bridgehead atoms. The predicted octanol–water partition coefficient (Wildman–Crippen LogP) is 4.32. The summed E-state index contributed by atoms with van der Waals surface area (Å²) in [4.78, 5) is 29.9. The lowest BCUT2D eigenvalue weighted by Crippen LogP contribution is -2.38. The minimum Gasteiger partial charge on any atom is -0.507 e. The zero-order valence-electron chi connectivity index (χ0n) is 19.6. The maximum atomic E-state index is 13.1. The normalized spacial score (nSPS) is 17.6. The molecule has 6 heteroatoms. The molecule has 0 saturated carbocycles. The van der Waals surface area contributed by atoms with Crippen LogP contribution in [0.15, 0.2) is 66.8 Å². The molecule has 1 atom stereocenters. The van der Waals surface area contributed by atoms with Gasteiger partial charge in [-0.1, -0.05) is 68.5 Å². The fourth-order valence-electron chi connectivity index (χ4n) is 4.01. The molecule has 2 aromatic carbocycles. The Morgan fingerprint density at radius 3 is 2.30 bits per heavy atom. The van der Waals surface area contributed by atoms with Crippen LogP contribution in [-0.4, -0.2) is 59.4 Å². The van der Waals surface area contributed by atoms with Gasteiger partial charge in [-0.05, 0) is 37.7 Å². The Bertz CT molecular complexity index is 1020. The van der Waals surface area contributed by atoms with Crippen LogP contribution in [0.25, 0.3) is 5.76 Å². The Labute approximate surface area is 195 Å². The van der Waals surface area contributed by atoms with Crippen molar-refractivity contribution in [2.24, 2.45) is 0 Å². The Morgan fingerprint density at radius 1 is 1.09 bits per heavy atom. The molecule has 0 aromatic heterocycles. The van der Waals surface area contributed by atoms with Gasteiger partial charge in [0.2, 0.25) is 0 Å². The fourth-order valence-corrected chi connectivity index (χ4v) is 4.01. The van der Waals surface area contributed by atoms with Crippen LogP contribution in [0.1, 0.15) is 36.6 Å². The van der Waals surface area contributed by atoms with Crippen LogP contribution in [0, 0.1) is 6.92 Å². The highest BCUT2D eigenvalue weighted by Crippen LogP contribution is 2.39. The van der Waals surface area contributed by atoms with Crippen molar-refractivity contribution in [2.45, 2.75) is 26.8 Å². The summed E-state index contributed by atoms with van der Waals surface area (Å²) in [5.41, 5.74) is 2.41. The molecule has 33 heavy (non-hydrogen) atoms. The Morgan fingerprint density at radius 2 is 1.73 bits per heavy atom. The molecule has 0 aliphatic carbocycles. The van der Waals surface area contributed by atoms with E-state index < -0.39 is 17.7 Å². The molecular formula is C27H32N2O4. The summed E-state index contributed by atoms with van der Waals surface area (Å²) in [7, 11) is 0. The summed E-state index contributed by atoms with van der Waals surface area (Å²) >= 11 is 0. The maximum Gasteiger partial charge on any atom is 0.295 e. The number of aryl methyl sites for hydroxylation is 1. The zero-order valence-corrected chi connectivity index (χ0v) is 19.6. The number of rotatable bonds is 10. The van der Waals surface area contributed by atoms with E-state index >= 15 is 0 Å². The number of likely N-dealkylation sites (N-methyl/N-ethyl adjacent to an activating group) is 1. The molecule has 1 saturated heterocycles. The van der Waals surface area contributed by atoms with Gasteiger partial charge >= 0.3 is 0 Å². The van der Waals surface area contributed by atoms with E-state index in [-0.39, 0.29) is 11.3 Å². The largest absolute Gasteiger partial charge is 0.507 e. The molecule has 2 aromatic rings. The van der Waals surface area contributed by atoms with Crippen LogP contribution in [0.3, 0.4) is 0 Å². The molecule has 174 valence electrons. The van der Waals surface area contributed by atoms with E-state index in [1.165, 1.54) is 0 Å². The first-order chi connectivity index (χ1) is 15.9. The third kappa shape index (κ3) is 5.34. The summed E-state index contributed by atoms with van der Waals surface area (Å²) in [6, 6.07) is 13.9. The SMILES string of the molecule is C=CCOc1ccc(C2/C(=C(/O)c3ccc(C)cc3)C(=O)C(=O)N2CCN(CC)CC)cc1. The number of carbonyl (C=O) groups is 2. The lowest BCUT2D eigenvalue weighted by molar-refractivity contribution is -0.140. The number of carbonyl (C=O) groups excluding carboxylic acids is 2. The molecule has 1 amide bonds. The zero-order chi connectivity index (χ0) is 24.0. The van der Waals surface area contributed by atoms with Crippen molar-refractivity contribution in [3.8, 4) is 5.75 Å². The maximum absolute atomic E-state index is 13.1. The number of benzene rings is 2. The highest BCUT2D eigenvalue weighted by molar-refractivity contribution is 6.46. The molecule has 1 heterocycles. The highest BCUT2D eigenvalue weighted by atomic mass is 16.5. The van der Waals surface area contributed by atoms with Crippen LogP contribution in [0.5, 0.6) is 5.75 Å². The third-order valence-electron chi connectivity index (χ3n) is 5.98. The van der Waals surface area contributed by atoms with Crippen LogP contribution in [0.4, 0.5) is 0 Å². The number of Topliss-reactive ketones (excluding diaryl/α,β-unsaturated/α-hetero) is 1. The minimum atomic E-state index is -0.671. The molecule has 0 spiro atoms. The van der Waals surface area contributed by atoms with Crippen molar-refractivity contribution in [3.63, 3.8) is 0 Å². The predicted molar refractivity (Wildman–Crippen MR) is 130 cm³/mol. The van der Waals surface area contributed by atoms with Crippen molar-refractivity contribution in [1.29, 1.82) is 0 Å². The van der Waals surface area contributed by atoms with E-state index in [2.05, 4.69) is 25.3 Å². The van der Waals surface area contributed by atoms with Gasteiger partial charge in [0.15, 0.2) is 0 Å². The molecule has 1 aliphatic heterocycles. The number of hydrogen-bond donors (Lipinski definition) is 1. The van der Waals surface area contributed by atoms with Crippen LogP contribution < -0.4 is 4.74 Å². The van der Waals surface area contributed by atoms with Crippen LogP contribution >= 0.6 is 0 Å². The Balaban J connectivity index is 2.05. The van der Waals surface area contributed by atoms with Crippen LogP contribution in [-0.2, 0) is 9.59 Å². The van der Waals surface area contributed by atoms with E-state index in [9.17, 15) is 14.7 Å². The number of hydrogen-bond acceptors (Lipinski definition) is 5. The average Bonchev–Trinajstić information content (AvgIpc) is 3.08. The lowest BCUT2D eigenvalue weighted by atomic mass is 9.95. The molecule has 1 aliphatic rings. The van der Waals surface area contributed by atoms with Gasteiger partial charge in [-0.2, -0.15) is 0 Å². The molecule has 1 fully saturated rings. The van der Waals surface area contributed by atoms with Gasteiger partial charge in [0.25, 0.3) is 11.7 Å². The van der Waals surface area contributed by atoms with Gasteiger partial charge in [-0.25, -0.2) is 0 Å². The third-order valence-corrected chi connectivity index (χ3v) is 5.98. The van der Waals surface area contributed by atoms with E-state index in [1.807, 2.05) is 31.2 Å². The second-order valence-electron chi connectivity index (χ2n) is 8.05. The average molecular weight is 449 g/mol. The fraction of sp³-hybridized carbons (Fsp3) is 0.333. The quantitative estimate of drug-likeness (QED) is 0.254. The second-order valence-corrected chi connectivity index (χ2v) is 8.05. The van der Waals surface area contributed by atoms with Crippen molar-refractivity contribution in [1.82, 2.24) is 9.80 Å². The topological polar surface area (TPSA) is 70.1 Å². The summed E-state index contributed by atoms with van der Waals surface area (Å²) in [6.45, 7) is 12.8. The number of ketones is 1. The highest BCUT2D eigenvalue weighted by Gasteiger charge is 2.45. The Hall–Kier alpha value is -3.38. The number of likely N-dealkylation sites (tertiary alicyclic amines) is 1. The molecule has 1 N–H and O–H groups in total. The van der Waals surface area contributed by atoms with Gasteiger partial charge in [0.1, 0.15) is 18.1 Å². The van der Waals surface area contributed by atoms with Gasteiger partial charge < -0.3 is 19.6 Å². The monoisotopic (exact) mass is 448 g/mol. The van der Waals surface area contributed by atoms with Crippen molar-refractivity contribution in [2.75, 3.05) is 32.8 Å². The number of nitrogens with zero attached hydrogens (tertiary/aromatic N) is 2. The first-order valence-electron chi connectivity index (χ1n) is 11.3. The summed E-state index contributed by atoms with van der Waals surface area (Å²) in [5.74, 6) is -0.745. The minimum absolute atomic E-state index is 0.114. The first-order valence-corrected chi connectivity index (χ1v) is 11.3. The van der Waals surface area contributed by atoms with Crippen molar-refractivity contribution >= 4 is 17.4 Å². The summed E-state index contributed by atoms with van der Waals surface area (Å²) in [5, 5.41) is 11.1. The molecule has 1 unspecified atom stereocenters. The van der Waals surface area contributed by atoms with Crippen molar-refractivity contribution in [3.05, 3.63) is 83.4 Å². The number of aliphatic hydroxyl groups is 1. The van der Waals surface area contributed by atoms with E-state index in [4.69, 9.17) is 4.74 Å². The van der Waals surface area contributed by atoms with Gasteiger partial charge in [0, 0.05) is 18.7 Å². The molecular weight excluding hydrogens is 416 g/mol. The van der Waals surface area contributed by atoms with Crippen molar-refractivity contribution < 1.29 is 19.4 Å². The first kappa shape index (κ1) is 24.3. The Kier molecular flexibility index (Phi) is 8.06. The van der Waals surface area contributed by atoms with Gasteiger partial charge in [0.05, 0.1) is 11.6 Å². The number of aliphatic hydroxyl groups excluding tert-OH is 1. The molecule has 6 nitrogen and oxygen atoms in total. The number of amides is 1. The number of ether oxygens (including phenoxy) is 1. The second kappa shape index (κ2) is 11.0. The van der Waals surface area contributed by atoms with Gasteiger partial charge in [-0.15, -0.1) is 0 Å². The molecule has 3 rings (SSSR count). The smallest absolute Gasteiger partial charge is 0.295 e. The summed E-state index contributed by atoms with van der Waals surface area (Å²) < 4.78 is 5.57. The standard InChI is InChI=1S/C27H32N2O4/c1-5-18-33-22-14-12-20(13-15-22)24-23(25(30)21-10-8-19(4)9-11-21)26(31)27(32)29(24)17-16-28(6-2)7-3/h5,8-15,24,30H,1,6-7,16-18H2,2-4H3/b25-23-. The van der Waals surface area contributed by atoms with Gasteiger partial charge in [-0.3, -0.25) is 9.59 Å². The lowest BCUT2D eigenvalue weighted by Gasteiger charge is -2.28. The van der Waals surface area contributed by atoms with E-state index in [0.29, 0.717) is 31.0 Å². The molecule has 0 radical (unpaired) electrons. The van der Waals surface area contributed by atoms with Crippen LogP contribution in [0.2, 0.25) is 0 Å².